The quantitative estimate of drug-likeness (QED) is 0.739. The monoisotopic (exact) mass is 254 g/mol. The SMILES string of the molecule is COC(=O)C1CC(O)CN1CCCC(C)(C)C#N. The third-order valence-electron chi connectivity index (χ3n) is 3.40. The van der Waals surface area contributed by atoms with Crippen LogP contribution in [0.5, 0.6) is 0 Å². The van der Waals surface area contributed by atoms with Gasteiger partial charge in [-0.3, -0.25) is 9.69 Å². The van der Waals surface area contributed by atoms with Crippen molar-refractivity contribution >= 4 is 5.97 Å². The van der Waals surface area contributed by atoms with Crippen LogP contribution in [0.1, 0.15) is 33.1 Å². The number of aliphatic hydroxyl groups is 1. The molecule has 1 aliphatic rings. The van der Waals surface area contributed by atoms with Crippen molar-refractivity contribution in [2.24, 2.45) is 5.41 Å². The fourth-order valence-corrected chi connectivity index (χ4v) is 2.29. The summed E-state index contributed by atoms with van der Waals surface area (Å²) in [5, 5.41) is 18.5. The topological polar surface area (TPSA) is 73.6 Å². The fraction of sp³-hybridized carbons (Fsp3) is 0.846. The van der Waals surface area contributed by atoms with Crippen LogP contribution in [0.4, 0.5) is 0 Å². The summed E-state index contributed by atoms with van der Waals surface area (Å²) in [6.45, 7) is 5.03. The van der Waals surface area contributed by atoms with Gasteiger partial charge in [0.05, 0.1) is 24.7 Å². The van der Waals surface area contributed by atoms with Crippen LogP contribution in [0.15, 0.2) is 0 Å². The Balaban J connectivity index is 2.45. The predicted octanol–water partition coefficient (Wildman–Crippen LogP) is 0.925. The van der Waals surface area contributed by atoms with Crippen molar-refractivity contribution in [3.63, 3.8) is 0 Å². The maximum atomic E-state index is 11.6. The molecule has 0 bridgehead atoms. The molecule has 0 aromatic rings. The van der Waals surface area contributed by atoms with E-state index in [2.05, 4.69) is 6.07 Å². The number of β-amino-alcohol motifs (C(OH)–C–C–N with tert-alkyl or cyclic N) is 1. The van der Waals surface area contributed by atoms with Gasteiger partial charge in [-0.25, -0.2) is 0 Å². The summed E-state index contributed by atoms with van der Waals surface area (Å²) in [6.07, 6.45) is 1.59. The minimum atomic E-state index is -0.460. The lowest BCUT2D eigenvalue weighted by atomic mass is 9.90. The molecule has 0 spiro atoms. The number of esters is 1. The number of carbonyl (C=O) groups is 1. The highest BCUT2D eigenvalue weighted by Crippen LogP contribution is 2.24. The zero-order valence-corrected chi connectivity index (χ0v) is 11.3. The van der Waals surface area contributed by atoms with Gasteiger partial charge in [0, 0.05) is 13.0 Å². The van der Waals surface area contributed by atoms with Crippen molar-refractivity contribution in [2.45, 2.75) is 45.3 Å². The smallest absolute Gasteiger partial charge is 0.323 e. The molecule has 2 unspecified atom stereocenters. The van der Waals surface area contributed by atoms with E-state index in [1.165, 1.54) is 7.11 Å². The number of rotatable bonds is 5. The Morgan fingerprint density at radius 3 is 2.83 bits per heavy atom. The number of hydrogen-bond acceptors (Lipinski definition) is 5. The zero-order chi connectivity index (χ0) is 13.8. The molecule has 5 heteroatoms. The van der Waals surface area contributed by atoms with Crippen LogP contribution in [0, 0.1) is 16.7 Å². The summed E-state index contributed by atoms with van der Waals surface area (Å²) < 4.78 is 4.74. The first-order valence-electron chi connectivity index (χ1n) is 6.31. The van der Waals surface area contributed by atoms with E-state index in [1.807, 2.05) is 18.7 Å². The number of carbonyl (C=O) groups excluding carboxylic acids is 1. The average molecular weight is 254 g/mol. The lowest BCUT2D eigenvalue weighted by Gasteiger charge is -2.23. The number of methoxy groups -OCH3 is 1. The van der Waals surface area contributed by atoms with E-state index < -0.39 is 6.10 Å². The molecule has 5 nitrogen and oxygen atoms in total. The largest absolute Gasteiger partial charge is 0.468 e. The number of likely N-dealkylation sites (tertiary alicyclic amines) is 1. The van der Waals surface area contributed by atoms with E-state index in [0.29, 0.717) is 19.5 Å². The van der Waals surface area contributed by atoms with Gasteiger partial charge >= 0.3 is 5.97 Å². The minimum absolute atomic E-state index is 0.286. The van der Waals surface area contributed by atoms with Crippen LogP contribution in [0.25, 0.3) is 0 Å². The minimum Gasteiger partial charge on any atom is -0.468 e. The van der Waals surface area contributed by atoms with Gasteiger partial charge in [0.25, 0.3) is 0 Å². The number of ether oxygens (including phenoxy) is 1. The molecule has 1 saturated heterocycles. The van der Waals surface area contributed by atoms with Crippen molar-refractivity contribution < 1.29 is 14.6 Å². The van der Waals surface area contributed by atoms with Crippen molar-refractivity contribution in [2.75, 3.05) is 20.2 Å². The summed E-state index contributed by atoms with van der Waals surface area (Å²) in [7, 11) is 1.37. The predicted molar refractivity (Wildman–Crippen MR) is 66.6 cm³/mol. The summed E-state index contributed by atoms with van der Waals surface area (Å²) in [4.78, 5) is 13.5. The second-order valence-electron chi connectivity index (χ2n) is 5.52. The molecule has 0 amide bonds. The average Bonchev–Trinajstić information content (AvgIpc) is 2.69. The van der Waals surface area contributed by atoms with Gasteiger partial charge in [0.15, 0.2) is 0 Å². The summed E-state index contributed by atoms with van der Waals surface area (Å²) in [5.74, 6) is -0.286. The van der Waals surface area contributed by atoms with Crippen LogP contribution in [0.3, 0.4) is 0 Å². The van der Waals surface area contributed by atoms with Crippen molar-refractivity contribution in [3.8, 4) is 6.07 Å². The van der Waals surface area contributed by atoms with E-state index in [9.17, 15) is 9.90 Å². The van der Waals surface area contributed by atoms with Gasteiger partial charge in [0.2, 0.25) is 0 Å². The third-order valence-corrected chi connectivity index (χ3v) is 3.40. The molecule has 0 aliphatic carbocycles. The molecule has 0 radical (unpaired) electrons. The lowest BCUT2D eigenvalue weighted by molar-refractivity contribution is -0.145. The number of hydrogen-bond donors (Lipinski definition) is 1. The van der Waals surface area contributed by atoms with Gasteiger partial charge in [-0.05, 0) is 33.2 Å². The van der Waals surface area contributed by atoms with E-state index in [-0.39, 0.29) is 17.4 Å². The standard InChI is InChI=1S/C13H22N2O3/c1-13(2,9-14)5-4-6-15-8-10(16)7-11(15)12(17)18-3/h10-11,16H,4-8H2,1-3H3. The summed E-state index contributed by atoms with van der Waals surface area (Å²) >= 11 is 0. The van der Waals surface area contributed by atoms with Crippen LogP contribution in [0.2, 0.25) is 0 Å². The van der Waals surface area contributed by atoms with Gasteiger partial charge < -0.3 is 9.84 Å². The van der Waals surface area contributed by atoms with E-state index >= 15 is 0 Å². The van der Waals surface area contributed by atoms with E-state index in [0.717, 1.165) is 12.8 Å². The Bertz CT molecular complexity index is 336. The molecule has 1 heterocycles. The molecular weight excluding hydrogens is 232 g/mol. The highest BCUT2D eigenvalue weighted by atomic mass is 16.5. The molecule has 2 atom stereocenters. The maximum Gasteiger partial charge on any atom is 0.323 e. The number of nitrogens with zero attached hydrogens (tertiary/aromatic N) is 2. The molecule has 1 fully saturated rings. The Morgan fingerprint density at radius 1 is 1.61 bits per heavy atom. The highest BCUT2D eigenvalue weighted by molar-refractivity contribution is 5.76. The Labute approximate surface area is 108 Å². The Kier molecular flexibility index (Phi) is 5.12. The van der Waals surface area contributed by atoms with Gasteiger partial charge in [-0.15, -0.1) is 0 Å². The zero-order valence-electron chi connectivity index (χ0n) is 11.3. The van der Waals surface area contributed by atoms with Crippen molar-refractivity contribution in [1.82, 2.24) is 4.90 Å². The molecular formula is C13H22N2O3. The third kappa shape index (κ3) is 3.97. The van der Waals surface area contributed by atoms with Gasteiger partial charge in [0.1, 0.15) is 6.04 Å². The Hall–Kier alpha value is -1.12. The first kappa shape index (κ1) is 14.9. The second-order valence-corrected chi connectivity index (χ2v) is 5.52. The van der Waals surface area contributed by atoms with Gasteiger partial charge in [-0.1, -0.05) is 0 Å². The number of aliphatic hydroxyl groups excluding tert-OH is 1. The van der Waals surface area contributed by atoms with Gasteiger partial charge in [-0.2, -0.15) is 5.26 Å². The van der Waals surface area contributed by atoms with E-state index in [4.69, 9.17) is 10.00 Å². The summed E-state index contributed by atoms with van der Waals surface area (Å²) in [6, 6.07) is 1.92. The van der Waals surface area contributed by atoms with E-state index in [1.54, 1.807) is 0 Å². The molecule has 1 N–H and O–H groups in total. The van der Waals surface area contributed by atoms with Crippen LogP contribution < -0.4 is 0 Å². The van der Waals surface area contributed by atoms with Crippen molar-refractivity contribution in [1.29, 1.82) is 5.26 Å². The summed E-state index contributed by atoms with van der Waals surface area (Å²) in [5.41, 5.74) is -0.334. The van der Waals surface area contributed by atoms with Crippen LogP contribution in [-0.4, -0.2) is 48.3 Å². The molecule has 0 aromatic heterocycles. The molecule has 1 aliphatic heterocycles. The molecule has 0 aromatic carbocycles. The van der Waals surface area contributed by atoms with Crippen LogP contribution >= 0.6 is 0 Å². The first-order valence-corrected chi connectivity index (χ1v) is 6.31. The Morgan fingerprint density at radius 2 is 2.28 bits per heavy atom. The molecule has 102 valence electrons. The van der Waals surface area contributed by atoms with Crippen molar-refractivity contribution in [3.05, 3.63) is 0 Å². The van der Waals surface area contributed by atoms with Crippen LogP contribution in [-0.2, 0) is 9.53 Å². The maximum absolute atomic E-state index is 11.6. The normalized spacial score (nSPS) is 24.8. The highest BCUT2D eigenvalue weighted by Gasteiger charge is 2.36. The molecule has 0 saturated carbocycles. The molecule has 1 rings (SSSR count). The first-order chi connectivity index (χ1) is 8.39. The molecule has 18 heavy (non-hydrogen) atoms. The second kappa shape index (κ2) is 6.17. The fourth-order valence-electron chi connectivity index (χ4n) is 2.29. The lowest BCUT2D eigenvalue weighted by Crippen LogP contribution is -2.37. The number of nitriles is 1.